The Labute approximate surface area is 80.5 Å². The first-order chi connectivity index (χ1) is 6.10. The molecule has 1 N–H and O–H groups in total. The smallest absolute Gasteiger partial charge is 0.102 e. The van der Waals surface area contributed by atoms with Crippen LogP contribution in [0.25, 0.3) is 0 Å². The highest BCUT2D eigenvalue weighted by molar-refractivity contribution is 4.92. The number of nitrogens with one attached hydrogen (secondary N) is 1. The van der Waals surface area contributed by atoms with E-state index in [2.05, 4.69) is 31.0 Å². The molecule has 1 unspecified atom stereocenters. The first-order valence-electron chi connectivity index (χ1n) is 5.14. The highest BCUT2D eigenvalue weighted by Crippen LogP contribution is 2.18. The zero-order chi connectivity index (χ0) is 9.90. The van der Waals surface area contributed by atoms with Gasteiger partial charge in [0.15, 0.2) is 0 Å². The van der Waals surface area contributed by atoms with Crippen molar-refractivity contribution in [2.45, 2.75) is 38.8 Å². The summed E-state index contributed by atoms with van der Waals surface area (Å²) < 4.78 is 12.3. The van der Waals surface area contributed by atoms with E-state index < -0.39 is 0 Å². The van der Waals surface area contributed by atoms with Gasteiger partial charge in [0.05, 0.1) is 0 Å². The quantitative estimate of drug-likeness (QED) is 0.720. The van der Waals surface area contributed by atoms with Crippen molar-refractivity contribution in [2.24, 2.45) is 0 Å². The van der Waals surface area contributed by atoms with Gasteiger partial charge in [-0.1, -0.05) is 6.92 Å². The van der Waals surface area contributed by atoms with Crippen LogP contribution < -0.4 is 5.32 Å². The molecular weight excluding hydrogens is 167 g/mol. The molecule has 0 aromatic rings. The summed E-state index contributed by atoms with van der Waals surface area (Å²) >= 11 is 0. The van der Waals surface area contributed by atoms with E-state index in [1.165, 1.54) is 0 Å². The van der Waals surface area contributed by atoms with Gasteiger partial charge in [-0.15, -0.1) is 0 Å². The van der Waals surface area contributed by atoms with Gasteiger partial charge in [-0.05, 0) is 20.3 Å². The van der Waals surface area contributed by atoms with E-state index in [9.17, 15) is 4.39 Å². The molecule has 0 spiro atoms. The monoisotopic (exact) mass is 188 g/mol. The van der Waals surface area contributed by atoms with E-state index in [1.807, 2.05) is 0 Å². The lowest BCUT2D eigenvalue weighted by Gasteiger charge is -2.45. The lowest BCUT2D eigenvalue weighted by Crippen LogP contribution is -2.62. The van der Waals surface area contributed by atoms with Crippen LogP contribution >= 0.6 is 0 Å². The predicted molar refractivity (Wildman–Crippen MR) is 53.7 cm³/mol. The summed E-state index contributed by atoms with van der Waals surface area (Å²) in [6, 6.07) is 0.541. The van der Waals surface area contributed by atoms with Crippen LogP contribution in [0.3, 0.4) is 0 Å². The maximum absolute atomic E-state index is 12.3. The molecule has 1 saturated heterocycles. The Morgan fingerprint density at radius 3 is 2.77 bits per heavy atom. The Bertz CT molecular complexity index is 159. The molecular formula is C10H21FN2. The average molecular weight is 188 g/mol. The highest BCUT2D eigenvalue weighted by atomic mass is 19.1. The molecule has 0 aromatic carbocycles. The second kappa shape index (κ2) is 4.38. The van der Waals surface area contributed by atoms with Crippen molar-refractivity contribution >= 4 is 0 Å². The normalized spacial score (nSPS) is 29.1. The summed E-state index contributed by atoms with van der Waals surface area (Å²) in [6.07, 6.45) is 1.12. The summed E-state index contributed by atoms with van der Waals surface area (Å²) in [7, 11) is 0. The van der Waals surface area contributed by atoms with Gasteiger partial charge >= 0.3 is 0 Å². The van der Waals surface area contributed by atoms with E-state index in [4.69, 9.17) is 0 Å². The largest absolute Gasteiger partial charge is 0.311 e. The van der Waals surface area contributed by atoms with E-state index in [-0.39, 0.29) is 12.2 Å². The minimum absolute atomic E-state index is 0.109. The third kappa shape index (κ3) is 2.64. The molecule has 0 amide bonds. The van der Waals surface area contributed by atoms with Gasteiger partial charge in [-0.3, -0.25) is 4.90 Å². The van der Waals surface area contributed by atoms with E-state index in [1.54, 1.807) is 0 Å². The minimum atomic E-state index is -0.236. The van der Waals surface area contributed by atoms with Crippen LogP contribution in [-0.4, -0.2) is 42.8 Å². The van der Waals surface area contributed by atoms with E-state index >= 15 is 0 Å². The van der Waals surface area contributed by atoms with Crippen molar-refractivity contribution < 1.29 is 4.39 Å². The lowest BCUT2D eigenvalue weighted by atomic mass is 9.97. The molecule has 13 heavy (non-hydrogen) atoms. The number of rotatable bonds is 3. The van der Waals surface area contributed by atoms with Crippen LogP contribution in [0.2, 0.25) is 0 Å². The zero-order valence-corrected chi connectivity index (χ0v) is 8.94. The molecule has 1 atom stereocenters. The third-order valence-electron chi connectivity index (χ3n) is 2.97. The molecule has 1 aliphatic heterocycles. The molecule has 0 aromatic heterocycles. The molecule has 0 radical (unpaired) electrons. The molecule has 2 nitrogen and oxygen atoms in total. The van der Waals surface area contributed by atoms with Crippen molar-refractivity contribution in [2.75, 3.05) is 26.3 Å². The Morgan fingerprint density at radius 1 is 1.54 bits per heavy atom. The fourth-order valence-corrected chi connectivity index (χ4v) is 1.85. The molecule has 78 valence electrons. The number of alkyl halides is 1. The van der Waals surface area contributed by atoms with Crippen molar-refractivity contribution in [1.82, 2.24) is 10.2 Å². The van der Waals surface area contributed by atoms with Gasteiger partial charge < -0.3 is 5.32 Å². The summed E-state index contributed by atoms with van der Waals surface area (Å²) in [5.41, 5.74) is 0.109. The van der Waals surface area contributed by atoms with Crippen LogP contribution in [0.4, 0.5) is 4.39 Å². The minimum Gasteiger partial charge on any atom is -0.311 e. The summed E-state index contributed by atoms with van der Waals surface area (Å²) in [5.74, 6) is 0. The first kappa shape index (κ1) is 10.9. The standard InChI is InChI=1S/C10H21FN2/c1-4-9-7-13(6-5-11)10(2,3)8-12-9/h9,12H,4-8H2,1-3H3. The van der Waals surface area contributed by atoms with Gasteiger partial charge in [0.1, 0.15) is 6.67 Å². The first-order valence-corrected chi connectivity index (χ1v) is 5.14. The topological polar surface area (TPSA) is 15.3 Å². The molecule has 1 heterocycles. The van der Waals surface area contributed by atoms with Crippen molar-refractivity contribution in [1.29, 1.82) is 0 Å². The summed E-state index contributed by atoms with van der Waals surface area (Å²) in [4.78, 5) is 2.25. The number of piperazine rings is 1. The second-order valence-corrected chi connectivity index (χ2v) is 4.43. The summed E-state index contributed by atoms with van der Waals surface area (Å²) in [6.45, 7) is 8.79. The zero-order valence-electron chi connectivity index (χ0n) is 8.94. The molecule has 1 fully saturated rings. The van der Waals surface area contributed by atoms with Crippen LogP contribution in [0.5, 0.6) is 0 Å². The Hall–Kier alpha value is -0.150. The van der Waals surface area contributed by atoms with Gasteiger partial charge in [-0.2, -0.15) is 0 Å². The molecule has 0 aliphatic carbocycles. The van der Waals surface area contributed by atoms with Crippen molar-refractivity contribution in [3.05, 3.63) is 0 Å². The van der Waals surface area contributed by atoms with Crippen molar-refractivity contribution in [3.63, 3.8) is 0 Å². The molecule has 0 saturated carbocycles. The summed E-state index contributed by atoms with van der Waals surface area (Å²) in [5, 5.41) is 3.48. The predicted octanol–water partition coefficient (Wildman–Crippen LogP) is 1.42. The molecule has 0 bridgehead atoms. The van der Waals surface area contributed by atoms with Crippen LogP contribution in [0.15, 0.2) is 0 Å². The van der Waals surface area contributed by atoms with Gasteiger partial charge in [0, 0.05) is 31.2 Å². The van der Waals surface area contributed by atoms with Gasteiger partial charge in [0.2, 0.25) is 0 Å². The van der Waals surface area contributed by atoms with E-state index in [0.717, 1.165) is 19.5 Å². The highest BCUT2D eigenvalue weighted by Gasteiger charge is 2.32. The van der Waals surface area contributed by atoms with Crippen LogP contribution in [-0.2, 0) is 0 Å². The number of nitrogens with zero attached hydrogens (tertiary/aromatic N) is 1. The SMILES string of the molecule is CCC1CN(CCF)C(C)(C)CN1. The lowest BCUT2D eigenvalue weighted by molar-refractivity contribution is 0.0594. The number of hydrogen-bond acceptors (Lipinski definition) is 2. The average Bonchev–Trinajstić information content (AvgIpc) is 2.09. The van der Waals surface area contributed by atoms with Gasteiger partial charge in [-0.25, -0.2) is 4.39 Å². The number of halogens is 1. The van der Waals surface area contributed by atoms with Crippen molar-refractivity contribution in [3.8, 4) is 0 Å². The maximum atomic E-state index is 12.3. The van der Waals surface area contributed by atoms with Crippen LogP contribution in [0, 0.1) is 0 Å². The maximum Gasteiger partial charge on any atom is 0.102 e. The van der Waals surface area contributed by atoms with Gasteiger partial charge in [0.25, 0.3) is 0 Å². The Balaban J connectivity index is 2.52. The fourth-order valence-electron chi connectivity index (χ4n) is 1.85. The Kier molecular flexibility index (Phi) is 3.68. The second-order valence-electron chi connectivity index (χ2n) is 4.43. The molecule has 1 rings (SSSR count). The van der Waals surface area contributed by atoms with Crippen LogP contribution in [0.1, 0.15) is 27.2 Å². The van der Waals surface area contributed by atoms with E-state index in [0.29, 0.717) is 12.6 Å². The fraction of sp³-hybridized carbons (Fsp3) is 1.00. The molecule has 1 aliphatic rings. The Morgan fingerprint density at radius 2 is 2.23 bits per heavy atom. The molecule has 3 heteroatoms. The number of hydrogen-bond donors (Lipinski definition) is 1. The third-order valence-corrected chi connectivity index (χ3v) is 2.97.